The van der Waals surface area contributed by atoms with Crippen LogP contribution in [0.3, 0.4) is 0 Å². The highest BCUT2D eigenvalue weighted by atomic mass is 28.4. The van der Waals surface area contributed by atoms with Gasteiger partial charge in [0.25, 0.3) is 11.9 Å². The minimum atomic E-state index is -1.82. The zero-order valence-electron chi connectivity index (χ0n) is 11.0. The largest absolute Gasteiger partial charge is 0.520 e. The summed E-state index contributed by atoms with van der Waals surface area (Å²) < 4.78 is 20.5. The van der Waals surface area contributed by atoms with E-state index in [2.05, 4.69) is 0 Å². The summed E-state index contributed by atoms with van der Waals surface area (Å²) in [5.74, 6) is -1.40. The van der Waals surface area contributed by atoms with E-state index in [-0.39, 0.29) is 12.4 Å². The number of carbonyl (C=O) groups is 1. The van der Waals surface area contributed by atoms with Crippen molar-refractivity contribution in [3.05, 3.63) is 0 Å². The van der Waals surface area contributed by atoms with E-state index in [0.717, 1.165) is 0 Å². The summed E-state index contributed by atoms with van der Waals surface area (Å²) in [6, 6.07) is 0. The van der Waals surface area contributed by atoms with E-state index >= 15 is 0 Å². The molecule has 0 amide bonds. The predicted molar refractivity (Wildman–Crippen MR) is 62.4 cm³/mol. The highest BCUT2D eigenvalue weighted by Crippen LogP contribution is 2.20. The third kappa shape index (κ3) is 5.60. The Morgan fingerprint density at radius 2 is 1.50 bits per heavy atom. The maximum atomic E-state index is 11.5. The third-order valence-corrected chi connectivity index (χ3v) is 2.83. The van der Waals surface area contributed by atoms with E-state index in [1.54, 1.807) is 0 Å². The van der Waals surface area contributed by atoms with Crippen LogP contribution in [0.15, 0.2) is 0 Å². The molecule has 0 aromatic carbocycles. The first-order valence-corrected chi connectivity index (χ1v) is 8.56. The molecule has 0 aliphatic rings. The number of carbonyl (C=O) groups excluding carboxylic acids is 1. The van der Waals surface area contributed by atoms with Gasteiger partial charge in [0.1, 0.15) is 0 Å². The Bertz CT molecular complexity index is 211. The van der Waals surface area contributed by atoms with Crippen molar-refractivity contribution in [3.63, 3.8) is 0 Å². The summed E-state index contributed by atoms with van der Waals surface area (Å²) in [4.78, 5) is 11.5. The first kappa shape index (κ1) is 15.6. The summed E-state index contributed by atoms with van der Waals surface area (Å²) in [5.41, 5.74) is 0. The average molecular weight is 250 g/mol. The summed E-state index contributed by atoms with van der Waals surface area (Å²) in [5, 5.41) is 0. The molecule has 0 aromatic heterocycles. The van der Waals surface area contributed by atoms with E-state index in [0.29, 0.717) is 6.42 Å². The van der Waals surface area contributed by atoms with E-state index in [9.17, 15) is 4.79 Å². The summed E-state index contributed by atoms with van der Waals surface area (Å²) in [6.45, 7) is 5.88. The molecule has 0 aromatic rings. The molecule has 0 spiro atoms. The molecule has 0 radical (unpaired) electrons. The Kier molecular flexibility index (Phi) is 6.17. The molecular formula is C10H22O5Si. The zero-order chi connectivity index (χ0) is 12.8. The van der Waals surface area contributed by atoms with Crippen LogP contribution in [0.4, 0.5) is 0 Å². The molecule has 0 saturated carbocycles. The van der Waals surface area contributed by atoms with Crippen LogP contribution < -0.4 is 0 Å². The van der Waals surface area contributed by atoms with Crippen molar-refractivity contribution in [2.45, 2.75) is 38.5 Å². The van der Waals surface area contributed by atoms with Gasteiger partial charge in [0.2, 0.25) is 8.32 Å². The molecule has 0 unspecified atom stereocenters. The Hall–Kier alpha value is -0.433. The molecule has 0 fully saturated rings. The van der Waals surface area contributed by atoms with Crippen LogP contribution in [-0.2, 0) is 23.4 Å². The highest BCUT2D eigenvalue weighted by molar-refractivity contribution is 6.71. The second-order valence-electron chi connectivity index (χ2n) is 4.38. The molecule has 0 aliphatic heterocycles. The maximum absolute atomic E-state index is 11.5. The molecule has 0 N–H and O–H groups in total. The predicted octanol–water partition coefficient (Wildman–Crippen LogP) is 1.74. The van der Waals surface area contributed by atoms with Crippen LogP contribution in [0.2, 0.25) is 19.6 Å². The molecular weight excluding hydrogens is 228 g/mol. The number of hydrogen-bond donors (Lipinski definition) is 0. The zero-order valence-corrected chi connectivity index (χ0v) is 12.0. The van der Waals surface area contributed by atoms with Gasteiger partial charge in [-0.15, -0.1) is 0 Å². The monoisotopic (exact) mass is 250 g/mol. The minimum absolute atomic E-state index is 0.208. The maximum Gasteiger partial charge on any atom is 0.292 e. The fourth-order valence-electron chi connectivity index (χ4n) is 1.20. The molecule has 0 aliphatic carbocycles. The van der Waals surface area contributed by atoms with Crippen molar-refractivity contribution in [2.75, 3.05) is 21.3 Å². The number of ether oxygens (including phenoxy) is 3. The van der Waals surface area contributed by atoms with Gasteiger partial charge >= 0.3 is 0 Å². The van der Waals surface area contributed by atoms with Crippen molar-refractivity contribution < 1.29 is 23.4 Å². The quantitative estimate of drug-likeness (QED) is 0.509. The fraction of sp³-hybridized carbons (Fsp3) is 0.900. The van der Waals surface area contributed by atoms with Gasteiger partial charge in [-0.25, -0.2) is 0 Å². The lowest BCUT2D eigenvalue weighted by molar-refractivity contribution is -0.354. The van der Waals surface area contributed by atoms with Crippen LogP contribution in [-0.4, -0.2) is 41.6 Å². The molecule has 0 atom stereocenters. The normalized spacial score (nSPS) is 12.6. The van der Waals surface area contributed by atoms with Gasteiger partial charge in [0.05, 0.1) is 6.42 Å². The smallest absolute Gasteiger partial charge is 0.292 e. The number of methoxy groups -OCH3 is 3. The van der Waals surface area contributed by atoms with Gasteiger partial charge in [0.15, 0.2) is 0 Å². The van der Waals surface area contributed by atoms with Gasteiger partial charge in [-0.3, -0.25) is 4.79 Å². The first-order valence-electron chi connectivity index (χ1n) is 5.16. The Labute approximate surface area is 98.1 Å². The average Bonchev–Trinajstić information content (AvgIpc) is 2.18. The molecule has 16 heavy (non-hydrogen) atoms. The van der Waals surface area contributed by atoms with Crippen LogP contribution >= 0.6 is 0 Å². The van der Waals surface area contributed by atoms with E-state index in [1.165, 1.54) is 21.3 Å². The van der Waals surface area contributed by atoms with E-state index < -0.39 is 14.3 Å². The molecule has 0 saturated heterocycles. The molecule has 6 heteroatoms. The molecule has 0 heterocycles. The van der Waals surface area contributed by atoms with Gasteiger partial charge in [-0.05, 0) is 19.6 Å². The molecule has 0 rings (SSSR count). The van der Waals surface area contributed by atoms with Gasteiger partial charge in [-0.2, -0.15) is 0 Å². The number of rotatable bonds is 7. The van der Waals surface area contributed by atoms with Crippen molar-refractivity contribution in [1.29, 1.82) is 0 Å². The van der Waals surface area contributed by atoms with Crippen LogP contribution in [0.25, 0.3) is 0 Å². The SMILES string of the molecule is COC(CCC(=O)O[Si](C)(C)C)(OC)OC. The van der Waals surface area contributed by atoms with Crippen LogP contribution in [0.1, 0.15) is 12.8 Å². The van der Waals surface area contributed by atoms with Crippen LogP contribution in [0, 0.1) is 0 Å². The summed E-state index contributed by atoms with van der Waals surface area (Å²) in [6.07, 6.45) is 0.513. The fourth-order valence-corrected chi connectivity index (χ4v) is 1.99. The van der Waals surface area contributed by atoms with Crippen LogP contribution in [0.5, 0.6) is 0 Å². The molecule has 5 nitrogen and oxygen atoms in total. The number of hydrogen-bond acceptors (Lipinski definition) is 5. The Balaban J connectivity index is 4.17. The topological polar surface area (TPSA) is 54.0 Å². The molecule has 96 valence electrons. The van der Waals surface area contributed by atoms with Gasteiger partial charge in [-0.1, -0.05) is 0 Å². The van der Waals surface area contributed by atoms with Crippen molar-refractivity contribution in [2.24, 2.45) is 0 Å². The van der Waals surface area contributed by atoms with Gasteiger partial charge < -0.3 is 18.6 Å². The second kappa shape index (κ2) is 6.34. The van der Waals surface area contributed by atoms with E-state index in [1.807, 2.05) is 19.6 Å². The highest BCUT2D eigenvalue weighted by Gasteiger charge is 2.31. The summed E-state index contributed by atoms with van der Waals surface area (Å²) >= 11 is 0. The molecule has 0 bridgehead atoms. The lowest BCUT2D eigenvalue weighted by atomic mass is 10.3. The lowest BCUT2D eigenvalue weighted by Gasteiger charge is -2.28. The summed E-state index contributed by atoms with van der Waals surface area (Å²) in [7, 11) is 2.59. The Morgan fingerprint density at radius 1 is 1.06 bits per heavy atom. The van der Waals surface area contributed by atoms with Gasteiger partial charge in [0, 0.05) is 27.8 Å². The minimum Gasteiger partial charge on any atom is -0.520 e. The van der Waals surface area contributed by atoms with Crippen molar-refractivity contribution in [1.82, 2.24) is 0 Å². The van der Waals surface area contributed by atoms with E-state index in [4.69, 9.17) is 18.6 Å². The second-order valence-corrected chi connectivity index (χ2v) is 8.81. The van der Waals surface area contributed by atoms with Crippen molar-refractivity contribution >= 4 is 14.3 Å². The standard InChI is InChI=1S/C10H22O5Si/c1-12-10(13-2,14-3)8-7-9(11)15-16(4,5)6/h7-8H2,1-6H3. The Morgan fingerprint density at radius 3 is 1.81 bits per heavy atom. The first-order chi connectivity index (χ1) is 7.28. The third-order valence-electron chi connectivity index (χ3n) is 1.99. The lowest BCUT2D eigenvalue weighted by Crippen LogP contribution is -2.37. The van der Waals surface area contributed by atoms with Crippen molar-refractivity contribution in [3.8, 4) is 0 Å².